The summed E-state index contributed by atoms with van der Waals surface area (Å²) in [5, 5.41) is 6.00. The molecule has 27 heavy (non-hydrogen) atoms. The third kappa shape index (κ3) is 4.92. The van der Waals surface area contributed by atoms with Crippen molar-refractivity contribution in [1.29, 1.82) is 0 Å². The van der Waals surface area contributed by atoms with Gasteiger partial charge in [-0.1, -0.05) is 18.2 Å². The number of amides is 1. The lowest BCUT2D eigenvalue weighted by Crippen LogP contribution is -2.15. The second kappa shape index (κ2) is 8.01. The van der Waals surface area contributed by atoms with Crippen LogP contribution in [0.15, 0.2) is 78.0 Å². The van der Waals surface area contributed by atoms with Crippen LogP contribution in [0.5, 0.6) is 0 Å². The molecule has 3 rings (SSSR count). The van der Waals surface area contributed by atoms with E-state index in [9.17, 15) is 13.2 Å². The minimum atomic E-state index is -3.34. The first-order valence-corrected chi connectivity index (χ1v) is 10.2. The van der Waals surface area contributed by atoms with Crippen LogP contribution in [-0.4, -0.2) is 25.6 Å². The van der Waals surface area contributed by atoms with E-state index in [1.54, 1.807) is 36.7 Å². The Morgan fingerprint density at radius 3 is 2.48 bits per heavy atom. The van der Waals surface area contributed by atoms with Crippen molar-refractivity contribution in [2.45, 2.75) is 11.4 Å². The van der Waals surface area contributed by atoms with Gasteiger partial charge in [0, 0.05) is 36.6 Å². The molecule has 3 aromatic rings. The number of carbonyl (C=O) groups is 1. The van der Waals surface area contributed by atoms with E-state index in [-0.39, 0.29) is 10.8 Å². The van der Waals surface area contributed by atoms with Crippen LogP contribution in [0.2, 0.25) is 0 Å². The van der Waals surface area contributed by atoms with Crippen LogP contribution in [0.25, 0.3) is 0 Å². The monoisotopic (exact) mass is 381 g/mol. The molecule has 2 N–H and O–H groups in total. The van der Waals surface area contributed by atoms with Crippen LogP contribution in [0, 0.1) is 0 Å². The molecule has 0 aliphatic carbocycles. The lowest BCUT2D eigenvalue weighted by atomic mass is 10.1. The number of nitrogens with zero attached hydrogens (tertiary/aromatic N) is 1. The van der Waals surface area contributed by atoms with Crippen molar-refractivity contribution in [2.24, 2.45) is 0 Å². The average Bonchev–Trinajstić information content (AvgIpc) is 2.67. The summed E-state index contributed by atoms with van der Waals surface area (Å²) in [5.41, 5.74) is 2.62. The second-order valence-corrected chi connectivity index (χ2v) is 8.02. The molecule has 1 aromatic heterocycles. The molecule has 1 heterocycles. The van der Waals surface area contributed by atoms with Gasteiger partial charge in [0.25, 0.3) is 5.91 Å². The summed E-state index contributed by atoms with van der Waals surface area (Å²) in [6.07, 6.45) is 4.56. The van der Waals surface area contributed by atoms with Crippen LogP contribution in [-0.2, 0) is 16.4 Å². The molecular formula is C20H19N3O3S. The molecule has 0 unspecified atom stereocenters. The van der Waals surface area contributed by atoms with Crippen molar-refractivity contribution in [3.05, 3.63) is 84.2 Å². The molecule has 6 nitrogen and oxygen atoms in total. The minimum absolute atomic E-state index is 0.157. The summed E-state index contributed by atoms with van der Waals surface area (Å²) in [6.45, 7) is 0.552. The molecule has 0 saturated carbocycles. The van der Waals surface area contributed by atoms with Crippen molar-refractivity contribution in [3.8, 4) is 0 Å². The highest BCUT2D eigenvalue weighted by Gasteiger charge is 2.13. The quantitative estimate of drug-likeness (QED) is 0.684. The van der Waals surface area contributed by atoms with E-state index in [1.165, 1.54) is 12.1 Å². The van der Waals surface area contributed by atoms with E-state index in [0.717, 1.165) is 11.8 Å². The van der Waals surface area contributed by atoms with Gasteiger partial charge in [-0.25, -0.2) is 8.42 Å². The third-order valence-corrected chi connectivity index (χ3v) is 5.03. The average molecular weight is 381 g/mol. The van der Waals surface area contributed by atoms with Crippen molar-refractivity contribution in [3.63, 3.8) is 0 Å². The highest BCUT2D eigenvalue weighted by molar-refractivity contribution is 7.90. The summed E-state index contributed by atoms with van der Waals surface area (Å²) >= 11 is 0. The summed E-state index contributed by atoms with van der Waals surface area (Å²) in [4.78, 5) is 16.8. The van der Waals surface area contributed by atoms with Gasteiger partial charge in [-0.3, -0.25) is 9.78 Å². The van der Waals surface area contributed by atoms with E-state index < -0.39 is 9.84 Å². The summed E-state index contributed by atoms with van der Waals surface area (Å²) in [7, 11) is -3.34. The van der Waals surface area contributed by atoms with Crippen molar-refractivity contribution >= 4 is 27.1 Å². The fourth-order valence-electron chi connectivity index (χ4n) is 2.54. The van der Waals surface area contributed by atoms with E-state index in [2.05, 4.69) is 15.6 Å². The van der Waals surface area contributed by atoms with Crippen molar-refractivity contribution < 1.29 is 13.2 Å². The van der Waals surface area contributed by atoms with Gasteiger partial charge in [0.1, 0.15) is 0 Å². The molecule has 0 bridgehead atoms. The Morgan fingerprint density at radius 2 is 1.74 bits per heavy atom. The smallest absolute Gasteiger partial charge is 0.257 e. The highest BCUT2D eigenvalue weighted by atomic mass is 32.2. The Labute approximate surface area is 158 Å². The van der Waals surface area contributed by atoms with Crippen LogP contribution in [0.3, 0.4) is 0 Å². The molecule has 0 fully saturated rings. The predicted octanol–water partition coefficient (Wildman–Crippen LogP) is 3.35. The maximum absolute atomic E-state index is 12.7. The number of pyridine rings is 1. The number of carbonyl (C=O) groups excluding carboxylic acids is 1. The second-order valence-electron chi connectivity index (χ2n) is 6.01. The van der Waals surface area contributed by atoms with Gasteiger partial charge in [-0.15, -0.1) is 0 Å². The van der Waals surface area contributed by atoms with Crippen LogP contribution in [0.4, 0.5) is 11.4 Å². The van der Waals surface area contributed by atoms with Gasteiger partial charge in [-0.2, -0.15) is 0 Å². The summed E-state index contributed by atoms with van der Waals surface area (Å²) < 4.78 is 23.4. The SMILES string of the molecule is CS(=O)(=O)c1cccc(NC(=O)c2ccccc2NCc2ccncc2)c1. The molecule has 0 aliphatic heterocycles. The fraction of sp³-hybridized carbons (Fsp3) is 0.100. The Morgan fingerprint density at radius 1 is 1.00 bits per heavy atom. The molecule has 0 atom stereocenters. The predicted molar refractivity (Wildman–Crippen MR) is 106 cm³/mol. The van der Waals surface area contributed by atoms with Gasteiger partial charge in [0.05, 0.1) is 10.5 Å². The number of sulfone groups is 1. The van der Waals surface area contributed by atoms with E-state index >= 15 is 0 Å². The van der Waals surface area contributed by atoms with Gasteiger partial charge in [0.15, 0.2) is 9.84 Å². The molecule has 0 spiro atoms. The number of aromatic nitrogens is 1. The Balaban J connectivity index is 1.77. The maximum Gasteiger partial charge on any atom is 0.257 e. The first kappa shape index (κ1) is 18.6. The number of benzene rings is 2. The number of nitrogens with one attached hydrogen (secondary N) is 2. The number of hydrogen-bond donors (Lipinski definition) is 2. The van der Waals surface area contributed by atoms with Gasteiger partial charge < -0.3 is 10.6 Å². The molecule has 7 heteroatoms. The van der Waals surface area contributed by atoms with Gasteiger partial charge >= 0.3 is 0 Å². The standard InChI is InChI=1S/C20H19N3O3S/c1-27(25,26)17-6-4-5-16(13-17)23-20(24)18-7-2-3-8-19(18)22-14-15-9-11-21-12-10-15/h2-13,22H,14H2,1H3,(H,23,24). The first-order valence-electron chi connectivity index (χ1n) is 8.27. The topological polar surface area (TPSA) is 88.2 Å². The first-order chi connectivity index (χ1) is 12.9. The maximum atomic E-state index is 12.7. The summed E-state index contributed by atoms with van der Waals surface area (Å²) in [5.74, 6) is -0.321. The molecule has 138 valence electrons. The molecular weight excluding hydrogens is 362 g/mol. The number of rotatable bonds is 6. The Kier molecular flexibility index (Phi) is 5.52. The van der Waals surface area contributed by atoms with Crippen molar-refractivity contribution in [1.82, 2.24) is 4.98 Å². The third-order valence-electron chi connectivity index (χ3n) is 3.92. The van der Waals surface area contributed by atoms with Crippen LogP contribution < -0.4 is 10.6 Å². The Bertz CT molecular complexity index is 1050. The number of hydrogen-bond acceptors (Lipinski definition) is 5. The fourth-order valence-corrected chi connectivity index (χ4v) is 3.20. The van der Waals surface area contributed by atoms with Crippen molar-refractivity contribution in [2.75, 3.05) is 16.9 Å². The normalized spacial score (nSPS) is 11.0. The lowest BCUT2D eigenvalue weighted by Gasteiger charge is -2.13. The molecule has 0 radical (unpaired) electrons. The Hall–Kier alpha value is -3.19. The van der Waals surface area contributed by atoms with E-state index in [4.69, 9.17) is 0 Å². The molecule has 2 aromatic carbocycles. The molecule has 1 amide bonds. The molecule has 0 saturated heterocycles. The van der Waals surface area contributed by atoms with Crippen LogP contribution >= 0.6 is 0 Å². The number of para-hydroxylation sites is 1. The zero-order chi connectivity index (χ0) is 19.3. The van der Waals surface area contributed by atoms with E-state index in [1.807, 2.05) is 24.3 Å². The van der Waals surface area contributed by atoms with Gasteiger partial charge in [-0.05, 0) is 48.0 Å². The zero-order valence-corrected chi connectivity index (χ0v) is 15.5. The highest BCUT2D eigenvalue weighted by Crippen LogP contribution is 2.20. The largest absolute Gasteiger partial charge is 0.380 e. The van der Waals surface area contributed by atoms with Gasteiger partial charge in [0.2, 0.25) is 0 Å². The number of anilines is 2. The van der Waals surface area contributed by atoms with Crippen LogP contribution in [0.1, 0.15) is 15.9 Å². The molecule has 0 aliphatic rings. The van der Waals surface area contributed by atoms with E-state index in [0.29, 0.717) is 23.5 Å². The zero-order valence-electron chi connectivity index (χ0n) is 14.7. The lowest BCUT2D eigenvalue weighted by molar-refractivity contribution is 0.102. The minimum Gasteiger partial charge on any atom is -0.380 e. The summed E-state index contributed by atoms with van der Waals surface area (Å²) in [6, 6.07) is 17.1.